The molecule has 0 spiro atoms. The highest BCUT2D eigenvalue weighted by Gasteiger charge is 2.16. The number of carbonyl (C=O) groups excluding carboxylic acids is 1. The maximum Gasteiger partial charge on any atom is 0.337 e. The molecule has 158 valence electrons. The quantitative estimate of drug-likeness (QED) is 0.390. The minimum Gasteiger partial charge on any atom is -0.480 e. The number of thiophene rings is 1. The molecule has 0 aliphatic carbocycles. The van der Waals surface area contributed by atoms with Gasteiger partial charge in [0.05, 0.1) is 33.9 Å². The molecule has 0 saturated carbocycles. The van der Waals surface area contributed by atoms with Crippen molar-refractivity contribution < 1.29 is 19.4 Å². The number of nitrogens with zero attached hydrogens (tertiary/aromatic N) is 2. The van der Waals surface area contributed by atoms with Crippen LogP contribution < -0.4 is 5.32 Å². The van der Waals surface area contributed by atoms with E-state index in [0.717, 1.165) is 27.0 Å². The summed E-state index contributed by atoms with van der Waals surface area (Å²) >= 11 is 7.56. The van der Waals surface area contributed by atoms with Crippen LogP contribution in [0.2, 0.25) is 4.34 Å². The zero-order chi connectivity index (χ0) is 22.0. The average molecular weight is 456 g/mol. The van der Waals surface area contributed by atoms with Crippen molar-refractivity contribution in [2.24, 2.45) is 0 Å². The summed E-state index contributed by atoms with van der Waals surface area (Å²) in [5, 5.41) is 17.5. The highest BCUT2D eigenvalue weighted by atomic mass is 35.5. The normalized spacial score (nSPS) is 10.9. The Morgan fingerprint density at radius 3 is 2.74 bits per heavy atom. The summed E-state index contributed by atoms with van der Waals surface area (Å²) in [6.07, 6.45) is 0. The lowest BCUT2D eigenvalue weighted by Gasteiger charge is -2.07. The van der Waals surface area contributed by atoms with E-state index in [4.69, 9.17) is 26.5 Å². The molecule has 4 rings (SSSR count). The molecule has 31 heavy (non-hydrogen) atoms. The summed E-state index contributed by atoms with van der Waals surface area (Å²) < 4.78 is 7.32. The minimum absolute atomic E-state index is 0.180. The first-order valence-corrected chi connectivity index (χ1v) is 10.5. The standard InChI is InChI=1S/C22H18ClN3O4S/c1-30-22(29)14-4-2-3-13(9-14)12-26-17-6-5-15(24-11-20(27)28)10-16(17)21(25-26)18-7-8-19(23)31-18/h2-10,24H,11-12H2,1H3,(H,27,28). The molecule has 0 aliphatic rings. The number of methoxy groups -OCH3 is 1. The predicted octanol–water partition coefficient (Wildman–Crippen LogP) is 4.75. The van der Waals surface area contributed by atoms with Crippen LogP contribution in [0.25, 0.3) is 21.5 Å². The van der Waals surface area contributed by atoms with Crippen molar-refractivity contribution in [1.82, 2.24) is 9.78 Å². The summed E-state index contributed by atoms with van der Waals surface area (Å²) in [4.78, 5) is 23.7. The number of aromatic nitrogens is 2. The third kappa shape index (κ3) is 4.55. The van der Waals surface area contributed by atoms with Crippen molar-refractivity contribution in [3.63, 3.8) is 0 Å². The van der Waals surface area contributed by atoms with Crippen LogP contribution in [0.1, 0.15) is 15.9 Å². The van der Waals surface area contributed by atoms with E-state index >= 15 is 0 Å². The second kappa shape index (κ2) is 8.79. The Morgan fingerprint density at radius 2 is 2.03 bits per heavy atom. The molecular weight excluding hydrogens is 438 g/mol. The smallest absolute Gasteiger partial charge is 0.337 e. The lowest BCUT2D eigenvalue weighted by atomic mass is 10.1. The Bertz CT molecular complexity index is 1280. The first-order valence-electron chi connectivity index (χ1n) is 9.34. The van der Waals surface area contributed by atoms with Gasteiger partial charge in [-0.2, -0.15) is 5.10 Å². The van der Waals surface area contributed by atoms with Gasteiger partial charge in [0.15, 0.2) is 0 Å². The first kappa shape index (κ1) is 20.9. The highest BCUT2D eigenvalue weighted by Crippen LogP contribution is 2.36. The number of hydrogen-bond acceptors (Lipinski definition) is 6. The van der Waals surface area contributed by atoms with Gasteiger partial charge in [0, 0.05) is 11.1 Å². The number of ether oxygens (including phenoxy) is 1. The van der Waals surface area contributed by atoms with Crippen LogP contribution in [0.3, 0.4) is 0 Å². The zero-order valence-electron chi connectivity index (χ0n) is 16.5. The van der Waals surface area contributed by atoms with Gasteiger partial charge in [-0.1, -0.05) is 23.7 Å². The lowest BCUT2D eigenvalue weighted by Crippen LogP contribution is -2.12. The average Bonchev–Trinajstić information content (AvgIpc) is 3.35. The van der Waals surface area contributed by atoms with Crippen molar-refractivity contribution >= 4 is 51.5 Å². The molecule has 0 unspecified atom stereocenters. The third-order valence-corrected chi connectivity index (χ3v) is 5.92. The molecule has 0 radical (unpaired) electrons. The van der Waals surface area contributed by atoms with E-state index in [2.05, 4.69) is 5.32 Å². The summed E-state index contributed by atoms with van der Waals surface area (Å²) in [6, 6.07) is 16.5. The fraction of sp³-hybridized carbons (Fsp3) is 0.136. The molecular formula is C22H18ClN3O4S. The fourth-order valence-electron chi connectivity index (χ4n) is 3.30. The van der Waals surface area contributed by atoms with Gasteiger partial charge >= 0.3 is 11.9 Å². The number of carboxylic acid groups (broad SMARTS) is 1. The Hall–Kier alpha value is -3.36. The molecule has 2 N–H and O–H groups in total. The molecule has 0 amide bonds. The van der Waals surface area contributed by atoms with Gasteiger partial charge < -0.3 is 15.2 Å². The number of halogens is 1. The molecule has 2 aromatic carbocycles. The van der Waals surface area contributed by atoms with Gasteiger partial charge in [0.25, 0.3) is 0 Å². The zero-order valence-corrected chi connectivity index (χ0v) is 18.0. The summed E-state index contributed by atoms with van der Waals surface area (Å²) in [6.45, 7) is 0.266. The van der Waals surface area contributed by atoms with E-state index in [9.17, 15) is 9.59 Å². The Balaban J connectivity index is 1.77. The number of benzene rings is 2. The Kier molecular flexibility index (Phi) is 5.92. The monoisotopic (exact) mass is 455 g/mol. The molecule has 0 bridgehead atoms. The Labute approximate surface area is 186 Å². The topological polar surface area (TPSA) is 93.5 Å². The van der Waals surface area contributed by atoms with E-state index in [1.165, 1.54) is 18.4 Å². The molecule has 0 atom stereocenters. The summed E-state index contributed by atoms with van der Waals surface area (Å²) in [5.74, 6) is -1.33. The van der Waals surface area contributed by atoms with E-state index in [-0.39, 0.29) is 6.54 Å². The number of esters is 1. The van der Waals surface area contributed by atoms with Gasteiger partial charge in [-0.15, -0.1) is 11.3 Å². The number of nitrogens with one attached hydrogen (secondary N) is 1. The fourth-order valence-corrected chi connectivity index (χ4v) is 4.34. The number of aliphatic carboxylic acids is 1. The van der Waals surface area contributed by atoms with Crippen molar-refractivity contribution in [2.75, 3.05) is 19.0 Å². The van der Waals surface area contributed by atoms with Gasteiger partial charge in [-0.3, -0.25) is 9.48 Å². The molecule has 4 aromatic rings. The maximum absolute atomic E-state index is 11.9. The SMILES string of the molecule is COC(=O)c1cccc(Cn2nc(-c3ccc(Cl)s3)c3cc(NCC(=O)O)ccc32)c1. The largest absolute Gasteiger partial charge is 0.480 e. The molecule has 9 heteroatoms. The molecule has 2 aromatic heterocycles. The number of carbonyl (C=O) groups is 2. The second-order valence-corrected chi connectivity index (χ2v) is 8.50. The van der Waals surface area contributed by atoms with Crippen LogP contribution in [0.4, 0.5) is 5.69 Å². The molecule has 0 aliphatic heterocycles. The lowest BCUT2D eigenvalue weighted by molar-refractivity contribution is -0.134. The number of anilines is 1. The van der Waals surface area contributed by atoms with Crippen LogP contribution in [-0.4, -0.2) is 40.5 Å². The third-order valence-electron chi connectivity index (χ3n) is 4.68. The number of rotatable bonds is 7. The highest BCUT2D eigenvalue weighted by molar-refractivity contribution is 7.19. The van der Waals surface area contributed by atoms with E-state index in [1.54, 1.807) is 18.2 Å². The first-order chi connectivity index (χ1) is 14.9. The second-order valence-electron chi connectivity index (χ2n) is 6.78. The van der Waals surface area contributed by atoms with Crippen LogP contribution in [0.15, 0.2) is 54.6 Å². The predicted molar refractivity (Wildman–Crippen MR) is 121 cm³/mol. The number of hydrogen-bond donors (Lipinski definition) is 2. The number of carboxylic acids is 1. The maximum atomic E-state index is 11.9. The molecule has 7 nitrogen and oxygen atoms in total. The molecule has 0 saturated heterocycles. The van der Waals surface area contributed by atoms with Crippen molar-refractivity contribution in [3.05, 3.63) is 70.1 Å². The van der Waals surface area contributed by atoms with Crippen LogP contribution in [0, 0.1) is 0 Å². The van der Waals surface area contributed by atoms with Gasteiger partial charge in [0.2, 0.25) is 0 Å². The van der Waals surface area contributed by atoms with Gasteiger partial charge in [0.1, 0.15) is 12.2 Å². The summed E-state index contributed by atoms with van der Waals surface area (Å²) in [5.41, 5.74) is 3.70. The van der Waals surface area contributed by atoms with E-state index in [0.29, 0.717) is 22.1 Å². The van der Waals surface area contributed by atoms with Gasteiger partial charge in [-0.25, -0.2) is 4.79 Å². The van der Waals surface area contributed by atoms with Crippen molar-refractivity contribution in [3.8, 4) is 10.6 Å². The molecule has 2 heterocycles. The van der Waals surface area contributed by atoms with Crippen LogP contribution in [-0.2, 0) is 16.1 Å². The number of fused-ring (bicyclic) bond motifs is 1. The van der Waals surface area contributed by atoms with Gasteiger partial charge in [-0.05, 0) is 48.0 Å². The van der Waals surface area contributed by atoms with Crippen molar-refractivity contribution in [2.45, 2.75) is 6.54 Å². The van der Waals surface area contributed by atoms with E-state index in [1.807, 2.05) is 41.1 Å². The Morgan fingerprint density at radius 1 is 1.19 bits per heavy atom. The van der Waals surface area contributed by atoms with E-state index < -0.39 is 11.9 Å². The van der Waals surface area contributed by atoms with Crippen molar-refractivity contribution in [1.29, 1.82) is 0 Å². The van der Waals surface area contributed by atoms with Crippen LogP contribution in [0.5, 0.6) is 0 Å². The molecule has 0 fully saturated rings. The minimum atomic E-state index is -0.938. The summed E-state index contributed by atoms with van der Waals surface area (Å²) in [7, 11) is 1.35. The van der Waals surface area contributed by atoms with Crippen LogP contribution >= 0.6 is 22.9 Å².